The van der Waals surface area contributed by atoms with E-state index in [0.29, 0.717) is 6.54 Å². The first-order chi connectivity index (χ1) is 1.91. The summed E-state index contributed by atoms with van der Waals surface area (Å²) in [5.74, 6) is 0.792. The molecular formula is C2H7CuNS. The summed E-state index contributed by atoms with van der Waals surface area (Å²) in [4.78, 5) is 0. The second-order valence-corrected chi connectivity index (χ2v) is 0.959. The summed E-state index contributed by atoms with van der Waals surface area (Å²) in [7, 11) is 0. The monoisotopic (exact) mass is 140 g/mol. The molecule has 0 aliphatic rings. The van der Waals surface area contributed by atoms with Crippen LogP contribution in [0.3, 0.4) is 0 Å². The van der Waals surface area contributed by atoms with Crippen LogP contribution in [0.5, 0.6) is 0 Å². The minimum absolute atomic E-state index is 0. The Morgan fingerprint density at radius 2 is 1.80 bits per heavy atom. The van der Waals surface area contributed by atoms with Gasteiger partial charge in [-0.1, -0.05) is 0 Å². The van der Waals surface area contributed by atoms with E-state index in [1.807, 2.05) is 0 Å². The summed E-state index contributed by atoms with van der Waals surface area (Å²) in [5, 5.41) is 0. The molecule has 0 atom stereocenters. The summed E-state index contributed by atoms with van der Waals surface area (Å²) >= 11 is 3.80. The average molecular weight is 141 g/mol. The first kappa shape index (κ1) is 9.27. The molecule has 0 spiro atoms. The van der Waals surface area contributed by atoms with Crippen LogP contribution in [0.15, 0.2) is 0 Å². The van der Waals surface area contributed by atoms with E-state index in [4.69, 9.17) is 5.73 Å². The van der Waals surface area contributed by atoms with E-state index in [1.54, 1.807) is 0 Å². The average Bonchev–Trinajstić information content (AvgIpc) is 1.37. The van der Waals surface area contributed by atoms with E-state index in [9.17, 15) is 0 Å². The van der Waals surface area contributed by atoms with Crippen molar-refractivity contribution in [2.75, 3.05) is 12.3 Å². The zero-order valence-corrected chi connectivity index (χ0v) is 4.58. The summed E-state index contributed by atoms with van der Waals surface area (Å²) in [6.45, 7) is 0.684. The maximum Gasteiger partial charge on any atom is 0.00255 e. The van der Waals surface area contributed by atoms with Gasteiger partial charge in [-0.05, 0) is 0 Å². The van der Waals surface area contributed by atoms with Gasteiger partial charge in [0, 0.05) is 29.4 Å². The molecule has 3 heteroatoms. The van der Waals surface area contributed by atoms with Crippen LogP contribution in [-0.4, -0.2) is 12.3 Å². The molecule has 0 amide bonds. The second kappa shape index (κ2) is 8.85. The number of nitrogens with two attached hydrogens (primary N) is 1. The third-order valence-electron chi connectivity index (χ3n) is 0.129. The fraction of sp³-hybridized carbons (Fsp3) is 1.00. The zero-order valence-electron chi connectivity index (χ0n) is 2.74. The van der Waals surface area contributed by atoms with Gasteiger partial charge in [0.25, 0.3) is 0 Å². The number of hydrogen-bond acceptors (Lipinski definition) is 2. The Hall–Kier alpha value is 0.829. The van der Waals surface area contributed by atoms with Crippen molar-refractivity contribution in [2.45, 2.75) is 0 Å². The molecule has 0 aromatic carbocycles. The maximum absolute atomic E-state index is 4.95. The Bertz CT molecular complexity index is 11.6. The molecule has 0 fully saturated rings. The molecule has 2 N–H and O–H groups in total. The topological polar surface area (TPSA) is 26.0 Å². The van der Waals surface area contributed by atoms with Crippen molar-refractivity contribution in [3.63, 3.8) is 0 Å². The Labute approximate surface area is 48.2 Å². The van der Waals surface area contributed by atoms with Crippen LogP contribution in [0, 0.1) is 0 Å². The van der Waals surface area contributed by atoms with Crippen LogP contribution in [0.4, 0.5) is 0 Å². The molecule has 0 bridgehead atoms. The molecule has 1 radical (unpaired) electrons. The third kappa shape index (κ3) is 11.6. The van der Waals surface area contributed by atoms with Crippen LogP contribution in [-0.2, 0) is 17.1 Å². The third-order valence-corrected chi connectivity index (χ3v) is 0.387. The maximum atomic E-state index is 4.95. The minimum atomic E-state index is 0. The standard InChI is InChI=1S/C2H7NS.Cu/c3-1-2-4;/h4H,1-3H2;. The van der Waals surface area contributed by atoms with Gasteiger partial charge in [-0.3, -0.25) is 0 Å². The van der Waals surface area contributed by atoms with E-state index in [0.717, 1.165) is 5.75 Å². The fourth-order valence-corrected chi connectivity index (χ4v) is 0. The van der Waals surface area contributed by atoms with Gasteiger partial charge in [0.05, 0.1) is 0 Å². The molecule has 0 aliphatic heterocycles. The van der Waals surface area contributed by atoms with Gasteiger partial charge in [0.15, 0.2) is 0 Å². The summed E-state index contributed by atoms with van der Waals surface area (Å²) in [6, 6.07) is 0. The molecule has 0 heterocycles. The fourth-order valence-electron chi connectivity index (χ4n) is 0. The van der Waals surface area contributed by atoms with E-state index in [-0.39, 0.29) is 17.1 Å². The predicted molar refractivity (Wildman–Crippen MR) is 22.9 cm³/mol. The minimum Gasteiger partial charge on any atom is -0.330 e. The van der Waals surface area contributed by atoms with Crippen molar-refractivity contribution in [1.29, 1.82) is 0 Å². The van der Waals surface area contributed by atoms with Crippen molar-refractivity contribution in [3.05, 3.63) is 0 Å². The van der Waals surface area contributed by atoms with Crippen LogP contribution in [0.25, 0.3) is 0 Å². The molecule has 5 heavy (non-hydrogen) atoms. The SMILES string of the molecule is NCCS.[Cu]. The summed E-state index contributed by atoms with van der Waals surface area (Å²) in [5.41, 5.74) is 4.95. The Kier molecular flexibility index (Phi) is 16.4. The van der Waals surface area contributed by atoms with Gasteiger partial charge in [-0.15, -0.1) is 0 Å². The molecule has 0 aromatic heterocycles. The predicted octanol–water partition coefficient (Wildman–Crippen LogP) is -0.128. The van der Waals surface area contributed by atoms with Crippen molar-refractivity contribution >= 4 is 12.6 Å². The normalized spacial score (nSPS) is 6.00. The molecule has 0 aliphatic carbocycles. The van der Waals surface area contributed by atoms with Crippen molar-refractivity contribution in [3.8, 4) is 0 Å². The van der Waals surface area contributed by atoms with Gasteiger partial charge >= 0.3 is 0 Å². The number of hydrogen-bond donors (Lipinski definition) is 2. The first-order valence-corrected chi connectivity index (χ1v) is 1.86. The van der Waals surface area contributed by atoms with Gasteiger partial charge in [-0.25, -0.2) is 0 Å². The molecule has 0 unspecified atom stereocenters. The van der Waals surface area contributed by atoms with E-state index in [2.05, 4.69) is 12.6 Å². The Morgan fingerprint density at radius 1 is 1.60 bits per heavy atom. The van der Waals surface area contributed by atoms with Gasteiger partial charge in [0.2, 0.25) is 0 Å². The molecule has 37 valence electrons. The van der Waals surface area contributed by atoms with Gasteiger partial charge < -0.3 is 5.73 Å². The quantitative estimate of drug-likeness (QED) is 0.386. The van der Waals surface area contributed by atoms with E-state index in [1.165, 1.54) is 0 Å². The van der Waals surface area contributed by atoms with Crippen molar-refractivity contribution in [1.82, 2.24) is 0 Å². The molecule has 0 saturated heterocycles. The first-order valence-electron chi connectivity index (χ1n) is 1.22. The van der Waals surface area contributed by atoms with Crippen molar-refractivity contribution in [2.24, 2.45) is 5.73 Å². The number of rotatable bonds is 1. The van der Waals surface area contributed by atoms with Crippen molar-refractivity contribution < 1.29 is 17.1 Å². The van der Waals surface area contributed by atoms with Gasteiger partial charge in [0.1, 0.15) is 0 Å². The molecule has 0 aromatic rings. The van der Waals surface area contributed by atoms with Crippen LogP contribution in [0.2, 0.25) is 0 Å². The Balaban J connectivity index is 0. The summed E-state index contributed by atoms with van der Waals surface area (Å²) in [6.07, 6.45) is 0. The Morgan fingerprint density at radius 3 is 1.80 bits per heavy atom. The van der Waals surface area contributed by atoms with Gasteiger partial charge in [-0.2, -0.15) is 12.6 Å². The van der Waals surface area contributed by atoms with Crippen LogP contribution in [0.1, 0.15) is 0 Å². The van der Waals surface area contributed by atoms with E-state index < -0.39 is 0 Å². The molecule has 0 rings (SSSR count). The number of thiol groups is 1. The molecule has 1 nitrogen and oxygen atoms in total. The van der Waals surface area contributed by atoms with Crippen LogP contribution < -0.4 is 5.73 Å². The summed E-state index contributed by atoms with van der Waals surface area (Å²) < 4.78 is 0. The largest absolute Gasteiger partial charge is 0.330 e. The second-order valence-electron chi connectivity index (χ2n) is 0.512. The van der Waals surface area contributed by atoms with Crippen LogP contribution >= 0.6 is 12.6 Å². The smallest absolute Gasteiger partial charge is 0.00255 e. The molecular weight excluding hydrogens is 134 g/mol. The zero-order chi connectivity index (χ0) is 3.41. The molecule has 0 saturated carbocycles. The van der Waals surface area contributed by atoms with E-state index >= 15 is 0 Å².